The first-order valence-corrected chi connectivity index (χ1v) is 6.82. The van der Waals surface area contributed by atoms with Crippen molar-refractivity contribution in [2.45, 2.75) is 31.3 Å². The molecule has 1 aliphatic heterocycles. The molecule has 0 aromatic carbocycles. The van der Waals surface area contributed by atoms with Gasteiger partial charge in [0.25, 0.3) is 0 Å². The topological polar surface area (TPSA) is 60.0 Å². The molecular formula is C14H16N3O2. The molecule has 1 atom stereocenters. The van der Waals surface area contributed by atoms with Crippen LogP contribution in [0.2, 0.25) is 0 Å². The van der Waals surface area contributed by atoms with Crippen molar-refractivity contribution in [1.82, 2.24) is 15.2 Å². The summed E-state index contributed by atoms with van der Waals surface area (Å²) in [5.41, 5.74) is 2.08. The van der Waals surface area contributed by atoms with Crippen molar-refractivity contribution < 1.29 is 9.47 Å². The third-order valence-electron chi connectivity index (χ3n) is 3.74. The Labute approximate surface area is 111 Å². The van der Waals surface area contributed by atoms with Crippen molar-refractivity contribution in [3.8, 4) is 5.88 Å². The normalized spacial score (nSPS) is 20.8. The first-order chi connectivity index (χ1) is 9.42. The van der Waals surface area contributed by atoms with Gasteiger partial charge in [0, 0.05) is 25.0 Å². The molecular weight excluding hydrogens is 242 g/mol. The summed E-state index contributed by atoms with van der Waals surface area (Å²) >= 11 is 0. The van der Waals surface area contributed by atoms with Crippen LogP contribution in [0.3, 0.4) is 0 Å². The van der Waals surface area contributed by atoms with Gasteiger partial charge in [0.2, 0.25) is 5.88 Å². The number of aromatic nitrogens is 3. The molecule has 1 unspecified atom stereocenters. The van der Waals surface area contributed by atoms with E-state index in [1.54, 1.807) is 6.20 Å². The number of ether oxygens (including phenoxy) is 2. The molecule has 4 rings (SSSR count). The molecule has 5 nitrogen and oxygen atoms in total. The number of rotatable bonds is 3. The number of aromatic amines is 1. The van der Waals surface area contributed by atoms with Gasteiger partial charge in [0.15, 0.2) is 0 Å². The number of H-pyrrole nitrogens is 1. The molecule has 2 aromatic heterocycles. The molecule has 3 heterocycles. The summed E-state index contributed by atoms with van der Waals surface area (Å²) in [5, 5.41) is 8.53. The highest BCUT2D eigenvalue weighted by Crippen LogP contribution is 2.42. The zero-order valence-electron chi connectivity index (χ0n) is 10.6. The number of hydrogen-bond donors (Lipinski definition) is 1. The van der Waals surface area contributed by atoms with Crippen LogP contribution in [0, 0.1) is 6.42 Å². The summed E-state index contributed by atoms with van der Waals surface area (Å²) in [6.07, 6.45) is 7.20. The summed E-state index contributed by atoms with van der Waals surface area (Å²) in [4.78, 5) is 4.41. The highest BCUT2D eigenvalue weighted by molar-refractivity contribution is 5.87. The fourth-order valence-corrected chi connectivity index (χ4v) is 2.56. The monoisotopic (exact) mass is 258 g/mol. The molecule has 2 aromatic rings. The van der Waals surface area contributed by atoms with E-state index in [9.17, 15) is 0 Å². The van der Waals surface area contributed by atoms with E-state index < -0.39 is 0 Å². The zero-order chi connectivity index (χ0) is 12.7. The van der Waals surface area contributed by atoms with Crippen LogP contribution in [0.5, 0.6) is 5.88 Å². The first kappa shape index (κ1) is 11.2. The summed E-state index contributed by atoms with van der Waals surface area (Å²) in [6, 6.07) is 1.95. The maximum atomic E-state index is 6.08. The minimum absolute atomic E-state index is 0.206. The van der Waals surface area contributed by atoms with Crippen molar-refractivity contribution in [1.29, 1.82) is 0 Å². The number of hydrogen-bond acceptors (Lipinski definition) is 4. The second-order valence-corrected chi connectivity index (χ2v) is 5.15. The van der Waals surface area contributed by atoms with E-state index in [2.05, 4.69) is 21.6 Å². The Morgan fingerprint density at radius 3 is 2.95 bits per heavy atom. The minimum Gasteiger partial charge on any atom is -0.474 e. The fourth-order valence-electron chi connectivity index (χ4n) is 2.56. The molecule has 1 N–H and O–H groups in total. The van der Waals surface area contributed by atoms with E-state index >= 15 is 0 Å². The maximum absolute atomic E-state index is 6.08. The largest absolute Gasteiger partial charge is 0.474 e. The Balaban J connectivity index is 1.69. The smallest absolute Gasteiger partial charge is 0.225 e. The molecule has 99 valence electrons. The van der Waals surface area contributed by atoms with E-state index in [1.807, 2.05) is 6.07 Å². The Kier molecular flexibility index (Phi) is 2.65. The van der Waals surface area contributed by atoms with Crippen LogP contribution in [0.15, 0.2) is 12.3 Å². The molecule has 19 heavy (non-hydrogen) atoms. The predicted molar refractivity (Wildman–Crippen MR) is 70.0 cm³/mol. The second kappa shape index (κ2) is 4.49. The van der Waals surface area contributed by atoms with Gasteiger partial charge in [-0.15, -0.1) is 0 Å². The van der Waals surface area contributed by atoms with Crippen LogP contribution < -0.4 is 4.74 Å². The lowest BCUT2D eigenvalue weighted by atomic mass is 10.1. The van der Waals surface area contributed by atoms with Crippen LogP contribution >= 0.6 is 0 Å². The molecule has 1 saturated carbocycles. The van der Waals surface area contributed by atoms with Crippen LogP contribution in [0.4, 0.5) is 0 Å². The molecule has 0 amide bonds. The Hall–Kier alpha value is -1.62. The van der Waals surface area contributed by atoms with E-state index in [-0.39, 0.29) is 6.10 Å². The molecule has 0 bridgehead atoms. The van der Waals surface area contributed by atoms with Crippen LogP contribution in [0.25, 0.3) is 10.9 Å². The third-order valence-corrected chi connectivity index (χ3v) is 3.74. The highest BCUT2D eigenvalue weighted by Gasteiger charge is 2.30. The SMILES string of the molecule is [CH]1CC1c1n[nH]c2ccnc(OC3CCOCC3)c12. The van der Waals surface area contributed by atoms with Gasteiger partial charge < -0.3 is 9.47 Å². The zero-order valence-corrected chi connectivity index (χ0v) is 10.6. The van der Waals surface area contributed by atoms with E-state index in [1.165, 1.54) is 0 Å². The van der Waals surface area contributed by atoms with Gasteiger partial charge in [-0.05, 0) is 18.9 Å². The van der Waals surface area contributed by atoms with E-state index in [0.717, 1.165) is 49.1 Å². The van der Waals surface area contributed by atoms with Gasteiger partial charge in [0.1, 0.15) is 6.10 Å². The van der Waals surface area contributed by atoms with Gasteiger partial charge >= 0.3 is 0 Å². The summed E-state index contributed by atoms with van der Waals surface area (Å²) < 4.78 is 11.4. The van der Waals surface area contributed by atoms with Gasteiger partial charge in [-0.25, -0.2) is 4.98 Å². The average Bonchev–Trinajstić information content (AvgIpc) is 3.20. The molecule has 2 aliphatic rings. The molecule has 5 heteroatoms. The van der Waals surface area contributed by atoms with Gasteiger partial charge in [-0.1, -0.05) is 0 Å². The first-order valence-electron chi connectivity index (χ1n) is 6.82. The van der Waals surface area contributed by atoms with Crippen molar-refractivity contribution in [2.24, 2.45) is 0 Å². The van der Waals surface area contributed by atoms with Crippen LogP contribution in [0.1, 0.15) is 30.9 Å². The lowest BCUT2D eigenvalue weighted by Gasteiger charge is -2.23. The van der Waals surface area contributed by atoms with Crippen molar-refractivity contribution in [2.75, 3.05) is 13.2 Å². The molecule has 1 aliphatic carbocycles. The quantitative estimate of drug-likeness (QED) is 0.917. The predicted octanol–water partition coefficient (Wildman–Crippen LogP) is 2.21. The number of pyridine rings is 1. The lowest BCUT2D eigenvalue weighted by molar-refractivity contribution is 0.0244. The summed E-state index contributed by atoms with van der Waals surface area (Å²) in [5.74, 6) is 1.18. The van der Waals surface area contributed by atoms with Gasteiger partial charge in [0.05, 0.1) is 29.8 Å². The molecule has 1 radical (unpaired) electrons. The fraction of sp³-hybridized carbons (Fsp3) is 0.500. The third kappa shape index (κ3) is 2.08. The minimum atomic E-state index is 0.206. The van der Waals surface area contributed by atoms with Crippen LogP contribution in [-0.2, 0) is 4.74 Å². The second-order valence-electron chi connectivity index (χ2n) is 5.15. The van der Waals surface area contributed by atoms with Crippen molar-refractivity contribution in [3.63, 3.8) is 0 Å². The van der Waals surface area contributed by atoms with Gasteiger partial charge in [-0.2, -0.15) is 5.10 Å². The molecule has 0 spiro atoms. The Morgan fingerprint density at radius 2 is 2.16 bits per heavy atom. The van der Waals surface area contributed by atoms with Crippen molar-refractivity contribution in [3.05, 3.63) is 24.4 Å². The van der Waals surface area contributed by atoms with Crippen molar-refractivity contribution >= 4 is 10.9 Å². The maximum Gasteiger partial charge on any atom is 0.225 e. The highest BCUT2D eigenvalue weighted by atomic mass is 16.5. The average molecular weight is 258 g/mol. The standard InChI is InChI=1S/C14H16N3O2/c1-2-9(1)13-12-11(16-17-13)3-6-15-14(12)19-10-4-7-18-8-5-10/h1,3,6,9-10H,2,4-5,7-8H2,(H,16,17). The number of fused-ring (bicyclic) bond motifs is 1. The molecule has 1 saturated heterocycles. The van der Waals surface area contributed by atoms with Gasteiger partial charge in [-0.3, -0.25) is 5.10 Å². The number of nitrogens with one attached hydrogen (secondary N) is 1. The van der Waals surface area contributed by atoms with E-state index in [4.69, 9.17) is 9.47 Å². The summed E-state index contributed by atoms with van der Waals surface area (Å²) in [6.45, 7) is 1.55. The number of nitrogens with zero attached hydrogens (tertiary/aromatic N) is 2. The Morgan fingerprint density at radius 1 is 1.32 bits per heavy atom. The van der Waals surface area contributed by atoms with Crippen LogP contribution in [-0.4, -0.2) is 34.5 Å². The lowest BCUT2D eigenvalue weighted by Crippen LogP contribution is -2.26. The molecule has 2 fully saturated rings. The summed E-state index contributed by atoms with van der Waals surface area (Å²) in [7, 11) is 0. The van der Waals surface area contributed by atoms with E-state index in [0.29, 0.717) is 11.8 Å². The Bertz CT molecular complexity index is 585.